The second-order valence-corrected chi connectivity index (χ2v) is 19.1. The smallest absolute Gasteiger partial charge is 0.248 e. The van der Waals surface area contributed by atoms with Crippen molar-refractivity contribution in [3.05, 3.63) is 72.3 Å². The van der Waals surface area contributed by atoms with Gasteiger partial charge in [-0.2, -0.15) is 0 Å². The number of aliphatic imine (C=N–C) groups is 1. The van der Waals surface area contributed by atoms with Gasteiger partial charge in [0, 0.05) is 68.9 Å². The second kappa shape index (κ2) is 17.9. The summed E-state index contributed by atoms with van der Waals surface area (Å²) in [5.74, 6) is -6.39. The number of halogens is 4. The highest BCUT2D eigenvalue weighted by Crippen LogP contribution is 2.43. The highest BCUT2D eigenvalue weighted by atomic mass is 19.3. The van der Waals surface area contributed by atoms with Crippen LogP contribution in [0.3, 0.4) is 0 Å². The average molecular weight is 836 g/mol. The van der Waals surface area contributed by atoms with Crippen molar-refractivity contribution in [3.8, 4) is 22.4 Å². The molecule has 3 aliphatic rings. The van der Waals surface area contributed by atoms with Crippen molar-refractivity contribution in [3.63, 3.8) is 0 Å². The zero-order valence-corrected chi connectivity index (χ0v) is 35.8. The van der Waals surface area contributed by atoms with Gasteiger partial charge in [-0.1, -0.05) is 90.1 Å². The lowest BCUT2D eigenvalue weighted by molar-refractivity contribution is -0.146. The third-order valence-electron chi connectivity index (χ3n) is 12.4. The number of imidazole rings is 1. The lowest BCUT2D eigenvalue weighted by Crippen LogP contribution is -2.54. The Morgan fingerprint density at radius 2 is 1.12 bits per heavy atom. The molecule has 9 nitrogen and oxygen atoms in total. The van der Waals surface area contributed by atoms with Gasteiger partial charge in [-0.15, -0.1) is 0 Å². The number of carbonyl (C=O) groups is 2. The number of aliphatic hydroxyl groups is 2. The zero-order chi connectivity index (χ0) is 43.6. The number of rotatable bonds is 13. The van der Waals surface area contributed by atoms with Gasteiger partial charge in [0.05, 0.1) is 37.2 Å². The minimum absolute atomic E-state index is 0.0676. The molecule has 2 aromatic carbocycles. The molecule has 6 rings (SSSR count). The lowest BCUT2D eigenvalue weighted by atomic mass is 9.79. The van der Waals surface area contributed by atoms with Crippen molar-refractivity contribution in [2.75, 3.05) is 26.3 Å². The monoisotopic (exact) mass is 835 g/mol. The molecule has 2 amide bonds. The van der Waals surface area contributed by atoms with Gasteiger partial charge in [-0.05, 0) is 64.3 Å². The predicted molar refractivity (Wildman–Crippen MR) is 226 cm³/mol. The highest BCUT2D eigenvalue weighted by Gasteiger charge is 2.45. The molecular weight excluding hydrogens is 775 g/mol. The number of amides is 2. The van der Waals surface area contributed by atoms with Crippen LogP contribution >= 0.6 is 0 Å². The molecule has 0 spiro atoms. The highest BCUT2D eigenvalue weighted by molar-refractivity contribution is 6.03. The normalized spacial score (nSPS) is 19.7. The summed E-state index contributed by atoms with van der Waals surface area (Å²) < 4.78 is 55.7. The number of aromatic nitrogens is 2. The number of allylic oxidation sites excluding steroid dienone is 1. The fourth-order valence-electron chi connectivity index (χ4n) is 9.30. The van der Waals surface area contributed by atoms with Gasteiger partial charge < -0.3 is 25.0 Å². The average Bonchev–Trinajstić information content (AvgIpc) is 3.87. The molecule has 1 aliphatic heterocycles. The second-order valence-electron chi connectivity index (χ2n) is 19.1. The molecule has 2 atom stereocenters. The number of carbonyl (C=O) groups excluding carboxylic acids is 2. The van der Waals surface area contributed by atoms with Crippen LogP contribution in [0.4, 0.5) is 17.6 Å². The molecule has 3 N–H and O–H groups in total. The standard InChI is InChI=1S/C47H61F4N5O4/c1-44(2,3)39(55(23-25-57)42(59)34-15-19-46(48,49)20-16-34)37-27-36(28-52-37)32-9-7-30(8-10-32)31-11-13-33(14-12-31)38-29-53-41(54-38)40(45(4,5)6)56(24-26-58)43(60)35-17-21-47(50,51)22-18-35/h7-14,28-29,34-35,39-40,57-58H,15-27H2,1-6H3,(H,53,54)/t39-,40-/m1/s1. The minimum Gasteiger partial charge on any atom is -0.395 e. The van der Waals surface area contributed by atoms with E-state index >= 15 is 0 Å². The van der Waals surface area contributed by atoms with E-state index in [2.05, 4.69) is 4.98 Å². The van der Waals surface area contributed by atoms with Crippen molar-refractivity contribution in [1.29, 1.82) is 0 Å². The van der Waals surface area contributed by atoms with E-state index < -0.39 is 46.6 Å². The molecule has 2 fully saturated rings. The number of aromatic amines is 1. The van der Waals surface area contributed by atoms with Crippen LogP contribution in [0.5, 0.6) is 0 Å². The number of aliphatic hydroxyl groups excluding tert-OH is 2. The maximum absolute atomic E-state index is 13.9. The van der Waals surface area contributed by atoms with Crippen LogP contribution < -0.4 is 0 Å². The van der Waals surface area contributed by atoms with E-state index in [9.17, 15) is 37.4 Å². The molecule has 0 unspecified atom stereocenters. The van der Waals surface area contributed by atoms with Crippen molar-refractivity contribution in [1.82, 2.24) is 19.8 Å². The Bertz CT molecular complexity index is 2010. The number of nitrogens with zero attached hydrogens (tertiary/aromatic N) is 4. The van der Waals surface area contributed by atoms with E-state index in [-0.39, 0.29) is 89.5 Å². The fourth-order valence-corrected chi connectivity index (χ4v) is 9.30. The summed E-state index contributed by atoms with van der Waals surface area (Å²) in [4.78, 5) is 43.8. The Morgan fingerprint density at radius 3 is 1.55 bits per heavy atom. The Balaban J connectivity index is 1.13. The zero-order valence-electron chi connectivity index (χ0n) is 35.8. The first kappa shape index (κ1) is 45.2. The molecule has 2 saturated carbocycles. The first-order chi connectivity index (χ1) is 28.2. The maximum atomic E-state index is 13.9. The number of H-pyrrole nitrogens is 1. The SMILES string of the molecule is CC(C)(C)[C@@H](C1=NC=C(c2ccc(-c3ccc(-c4cnc([C@@H](N(CCO)C(=O)C5CCC(F)(F)CC5)C(C)(C)C)[nH]4)cc3)cc2)C1)N(CCO)C(=O)C1CCC(F)(F)CC1. The third kappa shape index (κ3) is 10.4. The summed E-state index contributed by atoms with van der Waals surface area (Å²) in [7, 11) is 0. The van der Waals surface area contributed by atoms with Crippen molar-refractivity contribution >= 4 is 23.1 Å². The first-order valence-corrected chi connectivity index (χ1v) is 21.3. The third-order valence-corrected chi connectivity index (χ3v) is 12.4. The molecule has 2 heterocycles. The van der Waals surface area contributed by atoms with Crippen molar-refractivity contribution in [2.24, 2.45) is 27.7 Å². The number of hydrogen-bond donors (Lipinski definition) is 3. The summed E-state index contributed by atoms with van der Waals surface area (Å²) >= 11 is 0. The molecule has 326 valence electrons. The van der Waals surface area contributed by atoms with Gasteiger partial charge in [-0.3, -0.25) is 14.6 Å². The van der Waals surface area contributed by atoms with Crippen molar-refractivity contribution in [2.45, 2.75) is 123 Å². The fraction of sp³-hybridized carbons (Fsp3) is 0.574. The molecule has 13 heteroatoms. The molecule has 0 radical (unpaired) electrons. The van der Waals surface area contributed by atoms with E-state index in [1.807, 2.05) is 96.3 Å². The quantitative estimate of drug-likeness (QED) is 0.148. The van der Waals surface area contributed by atoms with E-state index in [4.69, 9.17) is 9.98 Å². The topological polar surface area (TPSA) is 122 Å². The lowest BCUT2D eigenvalue weighted by Gasteiger charge is -2.42. The largest absolute Gasteiger partial charge is 0.395 e. The van der Waals surface area contributed by atoms with Gasteiger partial charge in [0.2, 0.25) is 23.7 Å². The number of alkyl halides is 4. The molecule has 3 aromatic rings. The van der Waals surface area contributed by atoms with Crippen LogP contribution in [0.15, 0.2) is 65.9 Å². The van der Waals surface area contributed by atoms with Crippen LogP contribution in [0, 0.1) is 22.7 Å². The number of benzene rings is 2. The first-order valence-electron chi connectivity index (χ1n) is 21.3. The van der Waals surface area contributed by atoms with Crippen LogP contribution in [0.1, 0.15) is 117 Å². The summed E-state index contributed by atoms with van der Waals surface area (Å²) in [5.41, 5.74) is 5.54. The Hall–Kier alpha value is -4.36. The summed E-state index contributed by atoms with van der Waals surface area (Å²) in [6.45, 7) is 11.7. The summed E-state index contributed by atoms with van der Waals surface area (Å²) in [6, 6.07) is 15.3. The van der Waals surface area contributed by atoms with E-state index in [1.165, 1.54) is 0 Å². The molecule has 0 bridgehead atoms. The molecule has 0 saturated heterocycles. The van der Waals surface area contributed by atoms with Gasteiger partial charge >= 0.3 is 0 Å². The maximum Gasteiger partial charge on any atom is 0.248 e. The predicted octanol–water partition coefficient (Wildman–Crippen LogP) is 9.72. The van der Waals surface area contributed by atoms with E-state index in [0.29, 0.717) is 12.2 Å². The van der Waals surface area contributed by atoms with E-state index in [0.717, 1.165) is 39.2 Å². The molecular formula is C47H61F4N5O4. The van der Waals surface area contributed by atoms with Gasteiger partial charge in [0.1, 0.15) is 5.82 Å². The van der Waals surface area contributed by atoms with Gasteiger partial charge in [0.25, 0.3) is 0 Å². The number of nitrogens with one attached hydrogen (secondary N) is 1. The minimum atomic E-state index is -2.75. The van der Waals surface area contributed by atoms with Crippen LogP contribution in [-0.2, 0) is 9.59 Å². The molecule has 60 heavy (non-hydrogen) atoms. The van der Waals surface area contributed by atoms with Gasteiger partial charge in [0.15, 0.2) is 0 Å². The summed E-state index contributed by atoms with van der Waals surface area (Å²) in [6.07, 6.45) is 3.31. The van der Waals surface area contributed by atoms with Crippen LogP contribution in [-0.4, -0.2) is 91.7 Å². The Labute approximate surface area is 351 Å². The van der Waals surface area contributed by atoms with Crippen LogP contribution in [0.25, 0.3) is 28.0 Å². The van der Waals surface area contributed by atoms with Gasteiger partial charge in [-0.25, -0.2) is 22.5 Å². The molecule has 1 aromatic heterocycles. The summed E-state index contributed by atoms with van der Waals surface area (Å²) in [5, 5.41) is 20.0. The van der Waals surface area contributed by atoms with E-state index in [1.54, 1.807) is 16.0 Å². The van der Waals surface area contributed by atoms with Crippen LogP contribution in [0.2, 0.25) is 0 Å². The Kier molecular flexibility index (Phi) is 13.5. The Morgan fingerprint density at radius 1 is 0.700 bits per heavy atom. The number of hydrogen-bond acceptors (Lipinski definition) is 6. The van der Waals surface area contributed by atoms with Crippen molar-refractivity contribution < 1.29 is 37.4 Å². The molecule has 2 aliphatic carbocycles.